The van der Waals surface area contributed by atoms with Gasteiger partial charge in [0.25, 0.3) is 10.0 Å². The maximum Gasteiger partial charge on any atom is 0.265 e. The Labute approximate surface area is 258 Å². The Hall–Kier alpha value is -3.96. The fraction of sp³-hybridized carbons (Fsp3) is 0.355. The summed E-state index contributed by atoms with van der Waals surface area (Å²) in [5.74, 6) is -0.262. The lowest BCUT2D eigenvalue weighted by Crippen LogP contribution is -2.52. The molecule has 0 aliphatic heterocycles. The number of hydrogen-bond donors (Lipinski definition) is 1. The zero-order chi connectivity index (χ0) is 31.7. The van der Waals surface area contributed by atoms with Crippen LogP contribution >= 0.6 is 11.6 Å². The van der Waals surface area contributed by atoms with E-state index in [1.54, 1.807) is 13.0 Å². The molecule has 12 heteroatoms. The molecule has 0 radical (unpaired) electrons. The summed E-state index contributed by atoms with van der Waals surface area (Å²) in [7, 11) is -0.203. The second-order valence-corrected chi connectivity index (χ2v) is 12.1. The molecule has 0 aliphatic carbocycles. The van der Waals surface area contributed by atoms with Crippen LogP contribution in [-0.4, -0.2) is 65.1 Å². The van der Waals surface area contributed by atoms with Crippen molar-refractivity contribution in [1.82, 2.24) is 10.2 Å². The Bertz CT molecular complexity index is 1520. The molecule has 3 aromatic carbocycles. The topological polar surface area (TPSA) is 114 Å². The lowest BCUT2D eigenvalue weighted by atomic mass is 10.1. The SMILES string of the molecule is CC[C@@H](C)NC(=O)[C@H](C)N(Cc1ccccc1)C(=O)CN(c1cc(Cl)ccc1OC)S(=O)(=O)c1ccc(OC)c(OC)c1. The van der Waals surface area contributed by atoms with Gasteiger partial charge in [-0.1, -0.05) is 48.9 Å². The molecule has 0 bridgehead atoms. The van der Waals surface area contributed by atoms with Crippen LogP contribution in [0.3, 0.4) is 0 Å². The van der Waals surface area contributed by atoms with E-state index in [4.69, 9.17) is 25.8 Å². The average Bonchev–Trinajstić information content (AvgIpc) is 3.01. The standard InChI is InChI=1S/C31H38ClN3O7S/c1-7-21(2)33-31(37)22(3)34(19-23-11-9-8-10-12-23)30(36)20-35(26-17-24(32)13-15-27(26)40-4)43(38,39)25-14-16-28(41-5)29(18-25)42-6/h8-18,21-22H,7,19-20H2,1-6H3,(H,33,37)/t21-,22+/m1/s1. The highest BCUT2D eigenvalue weighted by Gasteiger charge is 2.34. The minimum absolute atomic E-state index is 0.0505. The predicted octanol–water partition coefficient (Wildman–Crippen LogP) is 4.89. The van der Waals surface area contributed by atoms with Gasteiger partial charge in [0.1, 0.15) is 18.3 Å². The molecule has 3 aromatic rings. The predicted molar refractivity (Wildman–Crippen MR) is 166 cm³/mol. The maximum absolute atomic E-state index is 14.3. The van der Waals surface area contributed by atoms with Gasteiger partial charge in [-0.05, 0) is 56.2 Å². The van der Waals surface area contributed by atoms with Gasteiger partial charge in [0.15, 0.2) is 11.5 Å². The van der Waals surface area contributed by atoms with Crippen molar-refractivity contribution >= 4 is 39.1 Å². The minimum Gasteiger partial charge on any atom is -0.495 e. The van der Waals surface area contributed by atoms with Gasteiger partial charge in [-0.25, -0.2) is 8.42 Å². The monoisotopic (exact) mass is 631 g/mol. The number of halogens is 1. The Balaban J connectivity index is 2.13. The molecule has 2 amide bonds. The molecule has 232 valence electrons. The molecule has 0 heterocycles. The Morgan fingerprint density at radius 3 is 2.12 bits per heavy atom. The van der Waals surface area contributed by atoms with Crippen molar-refractivity contribution in [3.8, 4) is 17.2 Å². The van der Waals surface area contributed by atoms with Gasteiger partial charge in [0.05, 0.1) is 31.9 Å². The highest BCUT2D eigenvalue weighted by atomic mass is 35.5. The van der Waals surface area contributed by atoms with Crippen LogP contribution in [0, 0.1) is 0 Å². The third-order valence-corrected chi connectivity index (χ3v) is 8.99. The third kappa shape index (κ3) is 8.11. The number of amides is 2. The van der Waals surface area contributed by atoms with E-state index in [0.717, 1.165) is 9.87 Å². The number of nitrogens with one attached hydrogen (secondary N) is 1. The van der Waals surface area contributed by atoms with Crippen LogP contribution in [0.25, 0.3) is 0 Å². The van der Waals surface area contributed by atoms with Crippen LogP contribution in [0.2, 0.25) is 5.02 Å². The van der Waals surface area contributed by atoms with Gasteiger partial charge < -0.3 is 24.4 Å². The second-order valence-electron chi connectivity index (χ2n) is 9.85. The van der Waals surface area contributed by atoms with Gasteiger partial charge in [-0.15, -0.1) is 0 Å². The summed E-state index contributed by atoms with van der Waals surface area (Å²) in [6.07, 6.45) is 0.705. The van der Waals surface area contributed by atoms with E-state index in [9.17, 15) is 18.0 Å². The highest BCUT2D eigenvalue weighted by Crippen LogP contribution is 2.37. The lowest BCUT2D eigenvalue weighted by Gasteiger charge is -2.33. The molecular weight excluding hydrogens is 594 g/mol. The molecular formula is C31H38ClN3O7S. The number of hydrogen-bond acceptors (Lipinski definition) is 7. The number of anilines is 1. The summed E-state index contributed by atoms with van der Waals surface area (Å²) in [6.45, 7) is 4.85. The number of benzene rings is 3. The first-order valence-electron chi connectivity index (χ1n) is 13.7. The van der Waals surface area contributed by atoms with Crippen molar-refractivity contribution in [2.75, 3.05) is 32.2 Å². The number of carbonyl (C=O) groups is 2. The number of ether oxygens (including phenoxy) is 3. The van der Waals surface area contributed by atoms with Crippen LogP contribution in [0.1, 0.15) is 32.8 Å². The largest absolute Gasteiger partial charge is 0.495 e. The van der Waals surface area contributed by atoms with E-state index in [2.05, 4.69) is 5.32 Å². The quantitative estimate of drug-likeness (QED) is 0.269. The molecule has 3 rings (SSSR count). The number of methoxy groups -OCH3 is 3. The first-order chi connectivity index (χ1) is 20.5. The van der Waals surface area contributed by atoms with E-state index >= 15 is 0 Å². The molecule has 0 aromatic heterocycles. The number of nitrogens with zero attached hydrogens (tertiary/aromatic N) is 2. The summed E-state index contributed by atoms with van der Waals surface area (Å²) in [4.78, 5) is 28.5. The van der Waals surface area contributed by atoms with Crippen molar-refractivity contribution in [3.05, 3.63) is 77.3 Å². The number of sulfonamides is 1. The Morgan fingerprint density at radius 2 is 1.51 bits per heavy atom. The molecule has 0 aliphatic rings. The van der Waals surface area contributed by atoms with Crippen LogP contribution in [0.4, 0.5) is 5.69 Å². The normalized spacial score (nSPS) is 12.5. The van der Waals surface area contributed by atoms with Gasteiger partial charge >= 0.3 is 0 Å². The van der Waals surface area contributed by atoms with Gasteiger partial charge in [-0.3, -0.25) is 13.9 Å². The van der Waals surface area contributed by atoms with Gasteiger partial charge in [0.2, 0.25) is 11.8 Å². The zero-order valence-corrected chi connectivity index (χ0v) is 26.7. The first kappa shape index (κ1) is 33.5. The minimum atomic E-state index is -4.42. The Morgan fingerprint density at radius 1 is 0.884 bits per heavy atom. The molecule has 1 N–H and O–H groups in total. The summed E-state index contributed by atoms with van der Waals surface area (Å²) >= 11 is 6.30. The average molecular weight is 632 g/mol. The molecule has 10 nitrogen and oxygen atoms in total. The van der Waals surface area contributed by atoms with E-state index in [1.165, 1.54) is 56.6 Å². The molecule has 0 saturated carbocycles. The van der Waals surface area contributed by atoms with E-state index in [0.29, 0.717) is 12.2 Å². The molecule has 0 spiro atoms. The van der Waals surface area contributed by atoms with Crippen molar-refractivity contribution in [2.24, 2.45) is 0 Å². The van der Waals surface area contributed by atoms with Gasteiger partial charge in [0, 0.05) is 23.7 Å². The molecule has 43 heavy (non-hydrogen) atoms. The van der Waals surface area contributed by atoms with Crippen molar-refractivity contribution in [2.45, 2.75) is 50.7 Å². The smallest absolute Gasteiger partial charge is 0.265 e. The summed E-state index contributed by atoms with van der Waals surface area (Å²) in [5, 5.41) is 3.15. The Kier molecular flexibility index (Phi) is 11.7. The summed E-state index contributed by atoms with van der Waals surface area (Å²) < 4.78 is 45.5. The maximum atomic E-state index is 14.3. The number of rotatable bonds is 14. The van der Waals surface area contributed by atoms with E-state index in [-0.39, 0.29) is 45.6 Å². The summed E-state index contributed by atoms with van der Waals surface area (Å²) in [6, 6.07) is 16.7. The molecule has 0 unspecified atom stereocenters. The van der Waals surface area contributed by atoms with Crippen molar-refractivity contribution in [1.29, 1.82) is 0 Å². The van der Waals surface area contributed by atoms with Crippen LogP contribution < -0.4 is 23.8 Å². The first-order valence-corrected chi connectivity index (χ1v) is 15.5. The van der Waals surface area contributed by atoms with Crippen molar-refractivity contribution in [3.63, 3.8) is 0 Å². The summed E-state index contributed by atoms with van der Waals surface area (Å²) in [5.41, 5.74) is 0.822. The van der Waals surface area contributed by atoms with Crippen LogP contribution in [0.5, 0.6) is 17.2 Å². The van der Waals surface area contributed by atoms with Crippen LogP contribution in [-0.2, 0) is 26.2 Å². The fourth-order valence-electron chi connectivity index (χ4n) is 4.30. The molecule has 2 atom stereocenters. The van der Waals surface area contributed by atoms with Gasteiger partial charge in [-0.2, -0.15) is 0 Å². The van der Waals surface area contributed by atoms with Crippen LogP contribution in [0.15, 0.2) is 71.6 Å². The number of carbonyl (C=O) groups excluding carboxylic acids is 2. The highest BCUT2D eigenvalue weighted by molar-refractivity contribution is 7.92. The fourth-order valence-corrected chi connectivity index (χ4v) is 5.90. The van der Waals surface area contributed by atoms with E-state index < -0.39 is 28.5 Å². The zero-order valence-electron chi connectivity index (χ0n) is 25.2. The molecule has 0 fully saturated rings. The molecule has 0 saturated heterocycles. The van der Waals surface area contributed by atoms with Crippen molar-refractivity contribution < 1.29 is 32.2 Å². The lowest BCUT2D eigenvalue weighted by molar-refractivity contribution is -0.139. The second kappa shape index (κ2) is 15.0. The third-order valence-electron chi connectivity index (χ3n) is 7.00. The van der Waals surface area contributed by atoms with E-state index in [1.807, 2.05) is 44.2 Å².